The van der Waals surface area contributed by atoms with E-state index in [1.165, 1.54) is 58.9 Å². The van der Waals surface area contributed by atoms with Gasteiger partial charge in [-0.05, 0) is 92.0 Å². The van der Waals surface area contributed by atoms with Gasteiger partial charge in [0.15, 0.2) is 0 Å². The van der Waals surface area contributed by atoms with Crippen molar-refractivity contribution in [2.24, 2.45) is 11.8 Å². The van der Waals surface area contributed by atoms with Crippen LogP contribution in [-0.4, -0.2) is 6.04 Å². The molecule has 2 aromatic carbocycles. The number of allylic oxidation sites excluding steroid dienone is 13. The molecule has 6 aliphatic rings. The highest BCUT2D eigenvalue weighted by molar-refractivity contribution is 5.75. The summed E-state index contributed by atoms with van der Waals surface area (Å²) < 4.78 is 0. The Labute approximate surface area is 250 Å². The fraction of sp³-hybridized carbons (Fsp3) is 0.250. The molecular weight excluding hydrogens is 508 g/mol. The quantitative estimate of drug-likeness (QED) is 0.356. The minimum atomic E-state index is 0.296. The van der Waals surface area contributed by atoms with E-state index in [1.807, 2.05) is 0 Å². The van der Waals surface area contributed by atoms with Crippen LogP contribution in [0.1, 0.15) is 44.9 Å². The standard InChI is InChI=1S/C40H38N2/c1-5-13-31(14-6-1)41(32-15-7-2-8-16-32)37-27-23-29-22-26-36-38(28-24-30-21-25-35(37)39(29)40(30)36)42(33-17-9-3-10-18-33)34-19-11-4-12-20-34/h1-3,5-10,13-15,17-19,21,23,25-30,32H,4,11-12,16,20,22,24H2/t29?,30-,32?/m1/s1. The van der Waals surface area contributed by atoms with E-state index in [9.17, 15) is 0 Å². The van der Waals surface area contributed by atoms with Gasteiger partial charge in [0.05, 0.1) is 6.04 Å². The van der Waals surface area contributed by atoms with Crippen LogP contribution in [0.2, 0.25) is 0 Å². The van der Waals surface area contributed by atoms with Gasteiger partial charge >= 0.3 is 0 Å². The first kappa shape index (κ1) is 25.4. The van der Waals surface area contributed by atoms with E-state index in [-0.39, 0.29) is 0 Å². The van der Waals surface area contributed by atoms with Crippen LogP contribution in [0.3, 0.4) is 0 Å². The number of hydrogen-bond donors (Lipinski definition) is 0. The summed E-state index contributed by atoms with van der Waals surface area (Å²) in [5.74, 6) is 0.878. The second kappa shape index (κ2) is 10.8. The molecule has 2 nitrogen and oxygen atoms in total. The van der Waals surface area contributed by atoms with Gasteiger partial charge in [0.25, 0.3) is 0 Å². The zero-order valence-electron chi connectivity index (χ0n) is 24.2. The summed E-state index contributed by atoms with van der Waals surface area (Å²) in [6.07, 6.45) is 34.4. The third kappa shape index (κ3) is 4.32. The van der Waals surface area contributed by atoms with Gasteiger partial charge in [-0.2, -0.15) is 0 Å². The zero-order chi connectivity index (χ0) is 27.9. The molecule has 0 radical (unpaired) electrons. The predicted octanol–water partition coefficient (Wildman–Crippen LogP) is 9.88. The molecule has 0 saturated heterocycles. The van der Waals surface area contributed by atoms with E-state index >= 15 is 0 Å². The van der Waals surface area contributed by atoms with E-state index in [4.69, 9.17) is 0 Å². The van der Waals surface area contributed by atoms with Crippen molar-refractivity contribution in [2.75, 3.05) is 9.80 Å². The molecule has 0 N–H and O–H groups in total. The highest BCUT2D eigenvalue weighted by atomic mass is 15.2. The van der Waals surface area contributed by atoms with Crippen molar-refractivity contribution >= 4 is 11.4 Å². The summed E-state index contributed by atoms with van der Waals surface area (Å²) >= 11 is 0. The number of anilines is 2. The van der Waals surface area contributed by atoms with E-state index < -0.39 is 0 Å². The minimum Gasteiger partial charge on any atom is -0.334 e. The molecule has 0 aliphatic heterocycles. The SMILES string of the molecule is C1=CCC(N(C2=C3C=C[C@@H]4CC=C(N(C5=CCCCC5)c5ccccc5)C5=CCC(C=C2)C3=C54)c2ccccc2)C=C1. The molecule has 0 saturated carbocycles. The van der Waals surface area contributed by atoms with Crippen LogP contribution in [0, 0.1) is 11.8 Å². The molecule has 8 rings (SSSR count). The first-order valence-corrected chi connectivity index (χ1v) is 15.8. The lowest BCUT2D eigenvalue weighted by Gasteiger charge is -2.44. The molecule has 3 atom stereocenters. The largest absolute Gasteiger partial charge is 0.334 e. The number of hydrogen-bond acceptors (Lipinski definition) is 2. The van der Waals surface area contributed by atoms with Crippen molar-refractivity contribution in [1.82, 2.24) is 0 Å². The second-order valence-electron chi connectivity index (χ2n) is 12.2. The molecular formula is C40H38N2. The van der Waals surface area contributed by atoms with Gasteiger partial charge in [-0.15, -0.1) is 0 Å². The maximum atomic E-state index is 2.59. The van der Waals surface area contributed by atoms with Gasteiger partial charge < -0.3 is 9.80 Å². The van der Waals surface area contributed by atoms with Crippen LogP contribution in [0.5, 0.6) is 0 Å². The van der Waals surface area contributed by atoms with Gasteiger partial charge in [0, 0.05) is 45.9 Å². The first-order chi connectivity index (χ1) is 20.9. The average Bonchev–Trinajstić information content (AvgIpc) is 3.07. The summed E-state index contributed by atoms with van der Waals surface area (Å²) in [6, 6.07) is 22.3. The Kier molecular flexibility index (Phi) is 6.56. The molecule has 0 amide bonds. The Morgan fingerprint density at radius 1 is 0.643 bits per heavy atom. The fourth-order valence-electron chi connectivity index (χ4n) is 7.78. The smallest absolute Gasteiger partial charge is 0.0560 e. The normalized spacial score (nSPS) is 25.5. The zero-order valence-corrected chi connectivity index (χ0v) is 24.2. The Balaban J connectivity index is 1.27. The molecule has 0 aromatic heterocycles. The molecule has 6 aliphatic carbocycles. The molecule has 0 heterocycles. The number of benzene rings is 2. The maximum absolute atomic E-state index is 2.59. The van der Waals surface area contributed by atoms with Gasteiger partial charge in [0.1, 0.15) is 0 Å². The first-order valence-electron chi connectivity index (χ1n) is 15.8. The highest BCUT2D eigenvalue weighted by Crippen LogP contribution is 2.52. The van der Waals surface area contributed by atoms with Crippen molar-refractivity contribution in [1.29, 1.82) is 0 Å². The van der Waals surface area contributed by atoms with Crippen LogP contribution < -0.4 is 9.80 Å². The summed E-state index contributed by atoms with van der Waals surface area (Å²) in [4.78, 5) is 5.16. The van der Waals surface area contributed by atoms with E-state index in [1.54, 1.807) is 11.1 Å². The molecule has 0 spiro atoms. The van der Waals surface area contributed by atoms with Crippen molar-refractivity contribution < 1.29 is 0 Å². The Morgan fingerprint density at radius 2 is 1.40 bits per heavy atom. The molecule has 2 heteroatoms. The summed E-state index contributed by atoms with van der Waals surface area (Å²) in [5, 5.41) is 0. The highest BCUT2D eigenvalue weighted by Gasteiger charge is 2.39. The lowest BCUT2D eigenvalue weighted by Crippen LogP contribution is -2.36. The Morgan fingerprint density at radius 3 is 2.17 bits per heavy atom. The lowest BCUT2D eigenvalue weighted by atomic mass is 9.66. The fourth-order valence-corrected chi connectivity index (χ4v) is 7.78. The van der Waals surface area contributed by atoms with Crippen molar-refractivity contribution in [2.45, 2.75) is 51.0 Å². The third-order valence-corrected chi connectivity index (χ3v) is 9.68. The maximum Gasteiger partial charge on any atom is 0.0560 e. The van der Waals surface area contributed by atoms with Crippen LogP contribution in [0.4, 0.5) is 11.4 Å². The average molecular weight is 547 g/mol. The number of rotatable bonds is 6. The van der Waals surface area contributed by atoms with E-state index in [0.29, 0.717) is 17.9 Å². The second-order valence-corrected chi connectivity index (χ2v) is 12.2. The van der Waals surface area contributed by atoms with Gasteiger partial charge in [-0.3, -0.25) is 0 Å². The number of nitrogens with zero attached hydrogens (tertiary/aromatic N) is 2. The molecule has 0 bridgehead atoms. The van der Waals surface area contributed by atoms with Gasteiger partial charge in [-0.1, -0.05) is 97.2 Å². The van der Waals surface area contributed by atoms with Gasteiger partial charge in [0.2, 0.25) is 0 Å². The minimum absolute atomic E-state index is 0.296. The van der Waals surface area contributed by atoms with Gasteiger partial charge in [-0.25, -0.2) is 0 Å². The third-order valence-electron chi connectivity index (χ3n) is 9.68. The van der Waals surface area contributed by atoms with E-state index in [0.717, 1.165) is 25.7 Å². The molecule has 208 valence electrons. The Hall–Kier alpha value is -4.30. The Bertz CT molecular complexity index is 1650. The molecule has 2 unspecified atom stereocenters. The van der Waals surface area contributed by atoms with E-state index in [2.05, 4.69) is 137 Å². The van der Waals surface area contributed by atoms with Crippen molar-refractivity contribution in [3.63, 3.8) is 0 Å². The monoisotopic (exact) mass is 546 g/mol. The van der Waals surface area contributed by atoms with Crippen LogP contribution >= 0.6 is 0 Å². The van der Waals surface area contributed by atoms with Crippen LogP contribution in [-0.2, 0) is 0 Å². The summed E-state index contributed by atoms with van der Waals surface area (Å²) in [5.41, 5.74) is 12.7. The number of para-hydroxylation sites is 2. The molecule has 42 heavy (non-hydrogen) atoms. The summed E-state index contributed by atoms with van der Waals surface area (Å²) in [6.45, 7) is 0. The topological polar surface area (TPSA) is 6.48 Å². The van der Waals surface area contributed by atoms with Crippen molar-refractivity contribution in [3.05, 3.63) is 167 Å². The van der Waals surface area contributed by atoms with Crippen molar-refractivity contribution in [3.8, 4) is 0 Å². The summed E-state index contributed by atoms with van der Waals surface area (Å²) in [7, 11) is 0. The van der Waals surface area contributed by atoms with Crippen LogP contribution in [0.25, 0.3) is 0 Å². The molecule has 2 aromatic rings. The predicted molar refractivity (Wildman–Crippen MR) is 176 cm³/mol. The van der Waals surface area contributed by atoms with Crippen LogP contribution in [0.15, 0.2) is 167 Å². The molecule has 0 fully saturated rings. The lowest BCUT2D eigenvalue weighted by molar-refractivity contribution is 0.647.